The van der Waals surface area contributed by atoms with Gasteiger partial charge in [0.2, 0.25) is 11.8 Å². The summed E-state index contributed by atoms with van der Waals surface area (Å²) in [4.78, 5) is 67.9. The van der Waals surface area contributed by atoms with E-state index in [1.54, 1.807) is 67.7 Å². The number of fused-ring (bicyclic) bond motifs is 3. The van der Waals surface area contributed by atoms with Crippen LogP contribution in [0, 0.1) is 44.7 Å². The van der Waals surface area contributed by atoms with Gasteiger partial charge in [0.1, 0.15) is 40.6 Å². The number of aromatic nitrogens is 4. The third-order valence-electron chi connectivity index (χ3n) is 12.6. The average Bonchev–Trinajstić information content (AvgIpc) is 4.10. The fraction of sp³-hybridized carbons (Fsp3) is 0.360. The van der Waals surface area contributed by atoms with Crippen molar-refractivity contribution in [2.45, 2.75) is 98.8 Å². The molecule has 67 heavy (non-hydrogen) atoms. The van der Waals surface area contributed by atoms with Gasteiger partial charge < -0.3 is 20.3 Å². The molecule has 17 heteroatoms. The lowest BCUT2D eigenvalue weighted by Crippen LogP contribution is -2.57. The van der Waals surface area contributed by atoms with E-state index in [-0.39, 0.29) is 36.0 Å². The molecule has 2 N–H and O–H groups in total. The molecule has 1 saturated heterocycles. The van der Waals surface area contributed by atoms with Gasteiger partial charge in [-0.2, -0.15) is 0 Å². The maximum absolute atomic E-state index is 16.6. The largest absolute Gasteiger partial charge is 0.469 e. The minimum Gasteiger partial charge on any atom is -0.469 e. The molecule has 4 unspecified atom stereocenters. The smallest absolute Gasteiger partial charge is 0.308 e. The van der Waals surface area contributed by atoms with Gasteiger partial charge in [-0.25, -0.2) is 13.8 Å². The Morgan fingerprint density at radius 2 is 1.61 bits per heavy atom. The predicted molar refractivity (Wildman–Crippen MR) is 255 cm³/mol. The highest BCUT2D eigenvalue weighted by atomic mass is 32.1. The summed E-state index contributed by atoms with van der Waals surface area (Å²) in [6.45, 7) is 15.3. The van der Waals surface area contributed by atoms with Gasteiger partial charge in [0.15, 0.2) is 5.82 Å². The van der Waals surface area contributed by atoms with Crippen LogP contribution in [0.5, 0.6) is 0 Å². The Kier molecular flexibility index (Phi) is 13.1. The first-order valence-corrected chi connectivity index (χ1v) is 23.7. The van der Waals surface area contributed by atoms with E-state index in [4.69, 9.17) is 9.73 Å². The molecule has 2 aliphatic heterocycles. The van der Waals surface area contributed by atoms with Gasteiger partial charge in [-0.3, -0.25) is 28.7 Å². The van der Waals surface area contributed by atoms with E-state index in [2.05, 4.69) is 25.8 Å². The van der Waals surface area contributed by atoms with Crippen molar-refractivity contribution in [2.75, 3.05) is 13.7 Å². The van der Waals surface area contributed by atoms with Crippen LogP contribution in [0.15, 0.2) is 71.2 Å². The topological polar surface area (TPSA) is 161 Å². The Balaban J connectivity index is 1.02. The van der Waals surface area contributed by atoms with Crippen LogP contribution < -0.4 is 10.6 Å². The summed E-state index contributed by atoms with van der Waals surface area (Å²) in [6, 6.07) is 13.4. The summed E-state index contributed by atoms with van der Waals surface area (Å²) >= 11 is 3.12. The van der Waals surface area contributed by atoms with E-state index < -0.39 is 58.5 Å². The number of halogens is 2. The number of methoxy groups -OCH3 is 1. The van der Waals surface area contributed by atoms with Crippen molar-refractivity contribution in [3.8, 4) is 26.6 Å². The number of thiazole rings is 1. The first kappa shape index (κ1) is 47.0. The van der Waals surface area contributed by atoms with E-state index in [0.717, 1.165) is 54.8 Å². The summed E-state index contributed by atoms with van der Waals surface area (Å²) in [5, 5.41) is 15.3. The maximum Gasteiger partial charge on any atom is 0.308 e. The number of benzene rings is 3. The third kappa shape index (κ3) is 9.18. The highest BCUT2D eigenvalue weighted by Crippen LogP contribution is 2.40. The van der Waals surface area contributed by atoms with Gasteiger partial charge in [-0.05, 0) is 87.3 Å². The zero-order valence-corrected chi connectivity index (χ0v) is 40.4. The fourth-order valence-corrected chi connectivity index (χ4v) is 10.8. The van der Waals surface area contributed by atoms with Gasteiger partial charge in [0.05, 0.1) is 46.9 Å². The molecule has 0 spiro atoms. The molecule has 3 aromatic carbocycles. The quantitative estimate of drug-likeness (QED) is 0.122. The number of carbonyl (C=O) groups is 4. The lowest BCUT2D eigenvalue weighted by Gasteiger charge is -2.35. The maximum atomic E-state index is 16.6. The van der Waals surface area contributed by atoms with Gasteiger partial charge >= 0.3 is 5.97 Å². The Morgan fingerprint density at radius 3 is 2.27 bits per heavy atom. The number of amides is 3. The number of likely N-dealkylation sites (tertiary alicyclic amines) is 1. The van der Waals surface area contributed by atoms with Crippen molar-refractivity contribution in [3.05, 3.63) is 128 Å². The second-order valence-corrected chi connectivity index (χ2v) is 20.2. The van der Waals surface area contributed by atoms with Crippen LogP contribution in [0.3, 0.4) is 0 Å². The highest BCUT2D eigenvalue weighted by Gasteiger charge is 2.43. The molecule has 13 nitrogen and oxygen atoms in total. The summed E-state index contributed by atoms with van der Waals surface area (Å²) in [5.74, 6) is -2.95. The standard InChI is InChI=1S/C50H52F2N8O5S2/c1-25-28(4)67-49-40(25)42(55-37(23-39(61)65-9)45-58-57-29(5)60(45)49)32-16-14-31(15-17-32)35-21-34(51)22-36(41(35)52)46(62)56-44(50(6,7)8)48(64)59-20-10-11-38(59)47(63)54-26(2)30-12-18-33(19-13-30)43-27(3)53-24-66-43/h12-19,21-22,24,26,37-38,44H,10-11,20,23H2,1-9H3,(H,54,63)(H,56,62). The Morgan fingerprint density at radius 1 is 0.925 bits per heavy atom. The SMILES string of the molecule is COC(=O)CC1N=C(c2ccc(-c3cc(F)cc(C(=O)NC(C(=O)N4CCCC4C(=O)NC(C)c4ccc(-c5scnc5C)cc4)C(C)(C)C)c3F)cc2)c2c(sc(C)c2C)-n2c(C)nnc21. The molecule has 0 bridgehead atoms. The van der Waals surface area contributed by atoms with Crippen molar-refractivity contribution in [2.24, 2.45) is 10.4 Å². The highest BCUT2D eigenvalue weighted by molar-refractivity contribution is 7.15. The first-order valence-electron chi connectivity index (χ1n) is 22.1. The van der Waals surface area contributed by atoms with E-state index >= 15 is 8.78 Å². The minimum absolute atomic E-state index is 0.0811. The number of esters is 1. The molecule has 0 aliphatic carbocycles. The number of aryl methyl sites for hydroxylation is 3. The number of ether oxygens (including phenoxy) is 1. The molecule has 4 atom stereocenters. The molecule has 3 aromatic heterocycles. The van der Waals surface area contributed by atoms with Crippen LogP contribution in [-0.4, -0.2) is 79.8 Å². The second kappa shape index (κ2) is 18.7. The lowest BCUT2D eigenvalue weighted by atomic mass is 9.85. The van der Waals surface area contributed by atoms with Crippen LogP contribution in [-0.2, 0) is 19.1 Å². The Hall–Kier alpha value is -6.46. The van der Waals surface area contributed by atoms with Gasteiger partial charge in [-0.1, -0.05) is 69.3 Å². The zero-order chi connectivity index (χ0) is 48.1. The van der Waals surface area contributed by atoms with Crippen molar-refractivity contribution < 1.29 is 32.7 Å². The molecule has 3 amide bonds. The monoisotopic (exact) mass is 946 g/mol. The number of aliphatic imine (C=N–C) groups is 1. The van der Waals surface area contributed by atoms with Gasteiger partial charge in [0, 0.05) is 28.1 Å². The molecule has 6 aromatic rings. The molecular weight excluding hydrogens is 895 g/mol. The van der Waals surface area contributed by atoms with Crippen LogP contribution >= 0.6 is 22.7 Å². The summed E-state index contributed by atoms with van der Waals surface area (Å²) in [7, 11) is 1.31. The first-order chi connectivity index (χ1) is 31.9. The summed E-state index contributed by atoms with van der Waals surface area (Å²) in [5.41, 5.74) is 6.41. The number of nitrogens with one attached hydrogen (secondary N) is 2. The van der Waals surface area contributed by atoms with Crippen molar-refractivity contribution >= 4 is 52.1 Å². The molecule has 8 rings (SSSR count). The molecule has 2 aliphatic rings. The molecule has 0 saturated carbocycles. The van der Waals surface area contributed by atoms with Crippen molar-refractivity contribution in [1.29, 1.82) is 0 Å². The Labute approximate surface area is 395 Å². The molecular formula is C50H52F2N8O5S2. The fourth-order valence-electron chi connectivity index (χ4n) is 8.76. The predicted octanol–water partition coefficient (Wildman–Crippen LogP) is 9.10. The van der Waals surface area contributed by atoms with Crippen LogP contribution in [0.2, 0.25) is 0 Å². The van der Waals surface area contributed by atoms with Gasteiger partial charge in [-0.15, -0.1) is 32.9 Å². The summed E-state index contributed by atoms with van der Waals surface area (Å²) < 4.78 is 39.1. The molecule has 348 valence electrons. The molecule has 5 heterocycles. The average molecular weight is 947 g/mol. The number of nitrogens with zero attached hydrogens (tertiary/aromatic N) is 6. The minimum atomic E-state index is -1.19. The number of rotatable bonds is 11. The molecule has 1 fully saturated rings. The molecule has 0 radical (unpaired) electrons. The van der Waals surface area contributed by atoms with Gasteiger partial charge in [0.25, 0.3) is 5.91 Å². The number of carbonyl (C=O) groups excluding carboxylic acids is 4. The third-order valence-corrected chi connectivity index (χ3v) is 14.8. The second-order valence-electron chi connectivity index (χ2n) is 18.2. The van der Waals surface area contributed by atoms with E-state index in [9.17, 15) is 19.2 Å². The van der Waals surface area contributed by atoms with Crippen molar-refractivity contribution in [3.63, 3.8) is 0 Å². The van der Waals surface area contributed by atoms with Crippen LogP contribution in [0.4, 0.5) is 8.78 Å². The van der Waals surface area contributed by atoms with Crippen LogP contribution in [0.1, 0.15) is 114 Å². The van der Waals surface area contributed by atoms with E-state index in [1.165, 1.54) is 12.0 Å². The summed E-state index contributed by atoms with van der Waals surface area (Å²) in [6.07, 6.45) is 0.920. The van der Waals surface area contributed by atoms with E-state index in [0.29, 0.717) is 35.8 Å². The zero-order valence-electron chi connectivity index (χ0n) is 38.8. The van der Waals surface area contributed by atoms with E-state index in [1.807, 2.05) is 69.0 Å². The number of hydrogen-bond donors (Lipinski definition) is 2. The normalized spacial score (nSPS) is 16.6. The number of hydrogen-bond acceptors (Lipinski definition) is 11. The Bertz CT molecular complexity index is 2930. The number of thiophene rings is 1. The van der Waals surface area contributed by atoms with Crippen LogP contribution in [0.25, 0.3) is 26.6 Å². The lowest BCUT2D eigenvalue weighted by molar-refractivity contribution is -0.142. The van der Waals surface area contributed by atoms with Crippen molar-refractivity contribution in [1.82, 2.24) is 35.3 Å².